The second-order valence-electron chi connectivity index (χ2n) is 2.44. The van der Waals surface area contributed by atoms with Crippen molar-refractivity contribution >= 4 is 11.0 Å². The molecule has 0 amide bonds. The number of fused-ring (bicyclic) bond motifs is 1. The van der Waals surface area contributed by atoms with E-state index in [0.29, 0.717) is 11.0 Å². The zero-order valence-corrected chi connectivity index (χ0v) is 6.46. The molecule has 0 N–H and O–H groups in total. The molecule has 0 saturated carbocycles. The van der Waals surface area contributed by atoms with E-state index in [-0.39, 0.29) is 5.75 Å². The minimum atomic E-state index is -2.80. The molecule has 2 rings (SSSR count). The molecule has 0 fully saturated rings. The molecule has 1 heterocycles. The summed E-state index contributed by atoms with van der Waals surface area (Å²) in [5.74, 6) is 0.123. The van der Waals surface area contributed by atoms with Gasteiger partial charge in [-0.2, -0.15) is 8.78 Å². The number of hydrogen-bond donors (Lipinski definition) is 0. The first kappa shape index (κ1) is 8.04. The molecule has 1 radical (unpaired) electrons. The van der Waals surface area contributed by atoms with Crippen molar-refractivity contribution in [3.8, 4) is 5.75 Å². The summed E-state index contributed by atoms with van der Waals surface area (Å²) in [6.07, 6.45) is 2.50. The molecule has 4 heteroatoms. The lowest BCUT2D eigenvalue weighted by Crippen LogP contribution is -2.01. The van der Waals surface area contributed by atoms with Crippen molar-refractivity contribution in [2.45, 2.75) is 6.61 Å². The summed E-state index contributed by atoms with van der Waals surface area (Å²) < 4.78 is 32.7. The Morgan fingerprint density at radius 3 is 3.00 bits per heavy atom. The Labute approximate surface area is 72.7 Å². The Morgan fingerprint density at radius 1 is 1.38 bits per heavy atom. The Balaban J connectivity index is 2.37. The van der Waals surface area contributed by atoms with E-state index < -0.39 is 6.61 Å². The van der Waals surface area contributed by atoms with Crippen molar-refractivity contribution in [1.29, 1.82) is 0 Å². The van der Waals surface area contributed by atoms with Gasteiger partial charge in [-0.3, -0.25) is 0 Å². The van der Waals surface area contributed by atoms with Gasteiger partial charge in [0.15, 0.2) is 6.26 Å². The quantitative estimate of drug-likeness (QED) is 0.714. The van der Waals surface area contributed by atoms with Crippen LogP contribution in [-0.4, -0.2) is 6.61 Å². The van der Waals surface area contributed by atoms with Crippen LogP contribution in [0.2, 0.25) is 0 Å². The minimum Gasteiger partial charge on any atom is -0.453 e. The van der Waals surface area contributed by atoms with Gasteiger partial charge in [0, 0.05) is 5.39 Å². The fourth-order valence-electron chi connectivity index (χ4n) is 1.06. The molecule has 1 aromatic carbocycles. The highest BCUT2D eigenvalue weighted by Crippen LogP contribution is 2.22. The van der Waals surface area contributed by atoms with Gasteiger partial charge >= 0.3 is 6.61 Å². The van der Waals surface area contributed by atoms with Crippen LogP contribution in [0, 0.1) is 6.26 Å². The number of halogens is 2. The Bertz CT molecular complexity index is 409. The molecule has 0 spiro atoms. The van der Waals surface area contributed by atoms with Gasteiger partial charge in [-0.1, -0.05) is 0 Å². The van der Waals surface area contributed by atoms with Crippen molar-refractivity contribution in [3.63, 3.8) is 0 Å². The van der Waals surface area contributed by atoms with Gasteiger partial charge in [0.2, 0.25) is 0 Å². The highest BCUT2D eigenvalue weighted by atomic mass is 19.3. The maximum absolute atomic E-state index is 11.8. The number of ether oxygens (including phenoxy) is 1. The van der Waals surface area contributed by atoms with Gasteiger partial charge in [0.1, 0.15) is 11.3 Å². The number of rotatable bonds is 2. The fourth-order valence-corrected chi connectivity index (χ4v) is 1.06. The van der Waals surface area contributed by atoms with Crippen LogP contribution in [0.4, 0.5) is 8.78 Å². The first-order chi connectivity index (χ1) is 6.25. The monoisotopic (exact) mass is 183 g/mol. The van der Waals surface area contributed by atoms with Crippen molar-refractivity contribution in [1.82, 2.24) is 0 Å². The fraction of sp³-hybridized carbons (Fsp3) is 0.111. The average molecular weight is 183 g/mol. The van der Waals surface area contributed by atoms with Crippen LogP contribution < -0.4 is 4.74 Å². The summed E-state index contributed by atoms with van der Waals surface area (Å²) in [4.78, 5) is 0. The topological polar surface area (TPSA) is 22.4 Å². The summed E-state index contributed by atoms with van der Waals surface area (Å²) >= 11 is 0. The van der Waals surface area contributed by atoms with Crippen molar-refractivity contribution in [3.05, 3.63) is 30.5 Å². The van der Waals surface area contributed by atoms with E-state index in [1.54, 1.807) is 12.1 Å². The predicted molar refractivity (Wildman–Crippen MR) is 41.7 cm³/mol. The number of benzene rings is 1. The van der Waals surface area contributed by atoms with E-state index in [4.69, 9.17) is 4.42 Å². The Hall–Kier alpha value is -1.58. The molecule has 0 saturated heterocycles. The van der Waals surface area contributed by atoms with Crippen LogP contribution in [0.15, 0.2) is 28.7 Å². The van der Waals surface area contributed by atoms with Gasteiger partial charge in [0.05, 0.1) is 0 Å². The molecule has 0 aliphatic rings. The Kier molecular flexibility index (Phi) is 1.88. The molecule has 2 aromatic rings. The lowest BCUT2D eigenvalue weighted by molar-refractivity contribution is -0.0497. The van der Waals surface area contributed by atoms with Crippen LogP contribution in [0.3, 0.4) is 0 Å². The highest BCUT2D eigenvalue weighted by molar-refractivity contribution is 5.78. The second kappa shape index (κ2) is 3.05. The van der Waals surface area contributed by atoms with Gasteiger partial charge < -0.3 is 9.15 Å². The van der Waals surface area contributed by atoms with Gasteiger partial charge in [-0.15, -0.1) is 0 Å². The van der Waals surface area contributed by atoms with E-state index in [2.05, 4.69) is 11.0 Å². The van der Waals surface area contributed by atoms with Crippen LogP contribution in [0.25, 0.3) is 11.0 Å². The summed E-state index contributed by atoms with van der Waals surface area (Å²) in [5.41, 5.74) is 0.599. The molecule has 0 aliphatic carbocycles. The average Bonchev–Trinajstić information content (AvgIpc) is 2.49. The zero-order chi connectivity index (χ0) is 9.26. The normalized spacial score (nSPS) is 11.0. The van der Waals surface area contributed by atoms with E-state index in [9.17, 15) is 8.78 Å². The third kappa shape index (κ3) is 1.61. The zero-order valence-electron chi connectivity index (χ0n) is 6.46. The maximum atomic E-state index is 11.8. The Morgan fingerprint density at radius 2 is 2.23 bits per heavy atom. The minimum absolute atomic E-state index is 0.123. The van der Waals surface area contributed by atoms with Crippen molar-refractivity contribution in [2.24, 2.45) is 0 Å². The summed E-state index contributed by atoms with van der Waals surface area (Å²) in [6, 6.07) is 6.02. The summed E-state index contributed by atoms with van der Waals surface area (Å²) in [7, 11) is 0. The summed E-state index contributed by atoms with van der Waals surface area (Å²) in [6.45, 7) is -2.80. The third-order valence-electron chi connectivity index (χ3n) is 1.59. The highest BCUT2D eigenvalue weighted by Gasteiger charge is 2.05. The van der Waals surface area contributed by atoms with Crippen LogP contribution in [-0.2, 0) is 0 Å². The van der Waals surface area contributed by atoms with E-state index in [1.165, 1.54) is 12.1 Å². The molecule has 0 atom stereocenters. The lowest BCUT2D eigenvalue weighted by Gasteiger charge is -2.02. The van der Waals surface area contributed by atoms with Crippen molar-refractivity contribution < 1.29 is 17.9 Å². The van der Waals surface area contributed by atoms with Gasteiger partial charge in [0.25, 0.3) is 0 Å². The SMILES string of the molecule is FC(F)Oc1ccc2o[c]cc2c1. The van der Waals surface area contributed by atoms with Crippen molar-refractivity contribution in [2.75, 3.05) is 0 Å². The molecular weight excluding hydrogens is 178 g/mol. The standard InChI is InChI=1S/C9H5F2O2/c10-9(11)13-7-1-2-8-6(5-7)3-4-12-8/h1-3,5,9H. The maximum Gasteiger partial charge on any atom is 0.387 e. The molecule has 1 aromatic heterocycles. The molecule has 2 nitrogen and oxygen atoms in total. The van der Waals surface area contributed by atoms with E-state index >= 15 is 0 Å². The van der Waals surface area contributed by atoms with E-state index in [1.807, 2.05) is 0 Å². The van der Waals surface area contributed by atoms with Crippen LogP contribution >= 0.6 is 0 Å². The predicted octanol–water partition coefficient (Wildman–Crippen LogP) is 2.83. The molecule has 0 bridgehead atoms. The van der Waals surface area contributed by atoms with E-state index in [0.717, 1.165) is 0 Å². The molecular formula is C9H5F2O2. The molecule has 0 aliphatic heterocycles. The number of alkyl halides is 2. The number of hydrogen-bond acceptors (Lipinski definition) is 2. The first-order valence-corrected chi connectivity index (χ1v) is 3.60. The largest absolute Gasteiger partial charge is 0.453 e. The molecule has 67 valence electrons. The van der Waals surface area contributed by atoms with Gasteiger partial charge in [-0.05, 0) is 24.3 Å². The molecule has 13 heavy (non-hydrogen) atoms. The smallest absolute Gasteiger partial charge is 0.387 e. The first-order valence-electron chi connectivity index (χ1n) is 3.60. The van der Waals surface area contributed by atoms with Crippen LogP contribution in [0.1, 0.15) is 0 Å². The van der Waals surface area contributed by atoms with Gasteiger partial charge in [-0.25, -0.2) is 0 Å². The van der Waals surface area contributed by atoms with Crippen LogP contribution in [0.5, 0.6) is 5.75 Å². The molecule has 0 unspecified atom stereocenters. The third-order valence-corrected chi connectivity index (χ3v) is 1.59. The second-order valence-corrected chi connectivity index (χ2v) is 2.44. The lowest BCUT2D eigenvalue weighted by atomic mass is 10.2. The number of furan rings is 1. The summed E-state index contributed by atoms with van der Waals surface area (Å²) in [5, 5.41) is 0.693.